The smallest absolute Gasteiger partial charge is 0.308 e. The van der Waals surface area contributed by atoms with Crippen molar-refractivity contribution in [1.29, 1.82) is 0 Å². The van der Waals surface area contributed by atoms with E-state index >= 15 is 0 Å². The number of hydrogen-bond donors (Lipinski definition) is 3. The maximum atomic E-state index is 12.4. The van der Waals surface area contributed by atoms with E-state index in [1.807, 2.05) is 24.3 Å². The lowest BCUT2D eigenvalue weighted by Crippen LogP contribution is -2.45. The van der Waals surface area contributed by atoms with Crippen LogP contribution in [0.2, 0.25) is 0 Å². The van der Waals surface area contributed by atoms with E-state index < -0.39 is 11.9 Å². The largest absolute Gasteiger partial charge is 0.481 e. The number of fused-ring (bicyclic) bond motifs is 1. The summed E-state index contributed by atoms with van der Waals surface area (Å²) >= 11 is 0. The molecule has 1 fully saturated rings. The minimum Gasteiger partial charge on any atom is -0.481 e. The van der Waals surface area contributed by atoms with E-state index in [4.69, 9.17) is 0 Å². The van der Waals surface area contributed by atoms with Gasteiger partial charge in [-0.05, 0) is 30.9 Å². The zero-order valence-corrected chi connectivity index (χ0v) is 11.8. The van der Waals surface area contributed by atoms with Crippen LogP contribution in [0, 0.1) is 11.8 Å². The summed E-state index contributed by atoms with van der Waals surface area (Å²) in [6.45, 7) is 0.604. The molecule has 0 bridgehead atoms. The molecule has 5 heteroatoms. The molecule has 0 saturated heterocycles. The van der Waals surface area contributed by atoms with Crippen LogP contribution in [0.1, 0.15) is 24.8 Å². The molecule has 5 nitrogen and oxygen atoms in total. The average Bonchev–Trinajstić information content (AvgIpc) is 2.95. The van der Waals surface area contributed by atoms with Crippen LogP contribution < -0.4 is 10.6 Å². The molecule has 1 saturated carbocycles. The van der Waals surface area contributed by atoms with Crippen molar-refractivity contribution in [2.45, 2.75) is 31.7 Å². The molecule has 3 unspecified atom stereocenters. The number of carbonyl (C=O) groups excluding carboxylic acids is 1. The van der Waals surface area contributed by atoms with Gasteiger partial charge in [-0.1, -0.05) is 24.6 Å². The third kappa shape index (κ3) is 2.86. The molecule has 0 spiro atoms. The Bertz CT molecular complexity index is 558. The Morgan fingerprint density at radius 3 is 2.86 bits per heavy atom. The number of carboxylic acid groups (broad SMARTS) is 1. The van der Waals surface area contributed by atoms with E-state index in [9.17, 15) is 14.7 Å². The normalized spacial score (nSPS) is 27.5. The number of nitrogens with one attached hydrogen (secondary N) is 2. The van der Waals surface area contributed by atoms with E-state index in [0.717, 1.165) is 24.1 Å². The van der Waals surface area contributed by atoms with E-state index in [1.54, 1.807) is 0 Å². The number of anilines is 1. The Labute approximate surface area is 123 Å². The van der Waals surface area contributed by atoms with Crippen molar-refractivity contribution < 1.29 is 14.7 Å². The molecule has 2 aliphatic rings. The Morgan fingerprint density at radius 1 is 1.24 bits per heavy atom. The SMILES string of the molecule is O=C(NC1CCCC1C(=O)O)C1CNc2ccccc2C1. The lowest BCUT2D eigenvalue weighted by molar-refractivity contribution is -0.142. The number of rotatable bonds is 3. The Morgan fingerprint density at radius 2 is 2.05 bits per heavy atom. The van der Waals surface area contributed by atoms with Gasteiger partial charge >= 0.3 is 5.97 Å². The lowest BCUT2D eigenvalue weighted by atomic mass is 9.92. The molecular weight excluding hydrogens is 268 g/mol. The molecule has 112 valence electrons. The minimum atomic E-state index is -0.801. The quantitative estimate of drug-likeness (QED) is 0.790. The first kappa shape index (κ1) is 13.9. The van der Waals surface area contributed by atoms with Gasteiger partial charge in [0.05, 0.1) is 11.8 Å². The second kappa shape index (κ2) is 5.76. The van der Waals surface area contributed by atoms with Gasteiger partial charge in [-0.2, -0.15) is 0 Å². The summed E-state index contributed by atoms with van der Waals surface area (Å²) in [4.78, 5) is 23.6. The number of carbonyl (C=O) groups is 2. The lowest BCUT2D eigenvalue weighted by Gasteiger charge is -2.27. The molecule has 3 atom stereocenters. The molecule has 1 aliphatic heterocycles. The fourth-order valence-corrected chi connectivity index (χ4v) is 3.36. The van der Waals surface area contributed by atoms with Gasteiger partial charge in [-0.25, -0.2) is 0 Å². The maximum absolute atomic E-state index is 12.4. The topological polar surface area (TPSA) is 78.4 Å². The highest BCUT2D eigenvalue weighted by Gasteiger charge is 2.35. The molecule has 1 aliphatic carbocycles. The third-order valence-corrected chi connectivity index (χ3v) is 4.55. The zero-order chi connectivity index (χ0) is 14.8. The first-order valence-electron chi connectivity index (χ1n) is 7.50. The van der Waals surface area contributed by atoms with Crippen LogP contribution in [0.25, 0.3) is 0 Å². The maximum Gasteiger partial charge on any atom is 0.308 e. The number of carboxylic acids is 1. The highest BCUT2D eigenvalue weighted by atomic mass is 16.4. The molecule has 0 radical (unpaired) electrons. The highest BCUT2D eigenvalue weighted by molar-refractivity contribution is 5.82. The van der Waals surface area contributed by atoms with Crippen LogP contribution in [0.4, 0.5) is 5.69 Å². The first-order valence-corrected chi connectivity index (χ1v) is 7.50. The molecule has 1 heterocycles. The first-order chi connectivity index (χ1) is 10.1. The van der Waals surface area contributed by atoms with Gasteiger partial charge in [-0.15, -0.1) is 0 Å². The monoisotopic (exact) mass is 288 g/mol. The molecule has 0 aromatic heterocycles. The van der Waals surface area contributed by atoms with Gasteiger partial charge in [0.15, 0.2) is 0 Å². The second-order valence-corrected chi connectivity index (χ2v) is 5.93. The molecule has 1 aromatic rings. The van der Waals surface area contributed by atoms with Crippen molar-refractivity contribution in [3.05, 3.63) is 29.8 Å². The average molecular weight is 288 g/mol. The van der Waals surface area contributed by atoms with E-state index in [1.165, 1.54) is 0 Å². The van der Waals surface area contributed by atoms with Gasteiger partial charge in [-0.3, -0.25) is 9.59 Å². The van der Waals surface area contributed by atoms with Crippen molar-refractivity contribution in [1.82, 2.24) is 5.32 Å². The van der Waals surface area contributed by atoms with Crippen molar-refractivity contribution >= 4 is 17.6 Å². The number of hydrogen-bond acceptors (Lipinski definition) is 3. The predicted molar refractivity (Wildman–Crippen MR) is 79.0 cm³/mol. The van der Waals surface area contributed by atoms with Crippen molar-refractivity contribution in [2.75, 3.05) is 11.9 Å². The van der Waals surface area contributed by atoms with E-state index in [-0.39, 0.29) is 17.9 Å². The number of para-hydroxylation sites is 1. The van der Waals surface area contributed by atoms with E-state index in [0.29, 0.717) is 19.4 Å². The number of benzene rings is 1. The van der Waals surface area contributed by atoms with Crippen molar-refractivity contribution in [3.8, 4) is 0 Å². The summed E-state index contributed by atoms with van der Waals surface area (Å²) in [7, 11) is 0. The van der Waals surface area contributed by atoms with Crippen molar-refractivity contribution in [3.63, 3.8) is 0 Å². The summed E-state index contributed by atoms with van der Waals surface area (Å²) in [6.07, 6.45) is 3.00. The Hall–Kier alpha value is -2.04. The van der Waals surface area contributed by atoms with Crippen LogP contribution in [0.3, 0.4) is 0 Å². The van der Waals surface area contributed by atoms with Crippen LogP contribution in [0.5, 0.6) is 0 Å². The van der Waals surface area contributed by atoms with E-state index in [2.05, 4.69) is 10.6 Å². The predicted octanol–water partition coefficient (Wildman–Crippen LogP) is 1.64. The van der Waals surface area contributed by atoms with Crippen LogP contribution in [-0.2, 0) is 16.0 Å². The highest BCUT2D eigenvalue weighted by Crippen LogP contribution is 2.28. The summed E-state index contributed by atoms with van der Waals surface area (Å²) in [5.41, 5.74) is 2.23. The van der Waals surface area contributed by atoms with Crippen LogP contribution in [-0.4, -0.2) is 29.6 Å². The van der Waals surface area contributed by atoms with Crippen LogP contribution >= 0.6 is 0 Å². The molecule has 1 amide bonds. The standard InChI is InChI=1S/C16H20N2O3/c19-15(18-14-7-3-5-12(14)16(20)21)11-8-10-4-1-2-6-13(10)17-9-11/h1-2,4,6,11-12,14,17H,3,5,7-9H2,(H,18,19)(H,20,21). The van der Waals surface area contributed by atoms with Gasteiger partial charge in [0.1, 0.15) is 0 Å². The van der Waals surface area contributed by atoms with Gasteiger partial charge in [0.25, 0.3) is 0 Å². The van der Waals surface area contributed by atoms with Crippen molar-refractivity contribution in [2.24, 2.45) is 11.8 Å². The fourth-order valence-electron chi connectivity index (χ4n) is 3.36. The second-order valence-electron chi connectivity index (χ2n) is 5.93. The Balaban J connectivity index is 1.63. The number of amides is 1. The summed E-state index contributed by atoms with van der Waals surface area (Å²) in [6, 6.07) is 7.77. The fraction of sp³-hybridized carbons (Fsp3) is 0.500. The minimum absolute atomic E-state index is 0.0323. The van der Waals surface area contributed by atoms with Gasteiger partial charge in [0.2, 0.25) is 5.91 Å². The molecule has 3 N–H and O–H groups in total. The van der Waals surface area contributed by atoms with Gasteiger partial charge < -0.3 is 15.7 Å². The molecule has 21 heavy (non-hydrogen) atoms. The van der Waals surface area contributed by atoms with Gasteiger partial charge in [0, 0.05) is 18.3 Å². The Kier molecular flexibility index (Phi) is 3.82. The van der Waals surface area contributed by atoms with Crippen LogP contribution in [0.15, 0.2) is 24.3 Å². The molecule has 1 aromatic carbocycles. The summed E-state index contributed by atoms with van der Waals surface area (Å²) in [5, 5.41) is 15.4. The zero-order valence-electron chi connectivity index (χ0n) is 11.8. The third-order valence-electron chi connectivity index (χ3n) is 4.55. The number of aliphatic carboxylic acids is 1. The summed E-state index contributed by atoms with van der Waals surface area (Å²) < 4.78 is 0. The molecule has 3 rings (SSSR count). The summed E-state index contributed by atoms with van der Waals surface area (Å²) in [5.74, 6) is -1.40. The molecular formula is C16H20N2O3.